The average molecular weight is 294 g/mol. The lowest BCUT2D eigenvalue weighted by Crippen LogP contribution is -2.68. The zero-order chi connectivity index (χ0) is 15.5. The SMILES string of the molecule is CCCCCCCCN1C(=O)C(C2CC2)NC(=O)C1(C)C. The summed E-state index contributed by atoms with van der Waals surface area (Å²) in [6.07, 6.45) is 9.35. The Morgan fingerprint density at radius 1 is 1.10 bits per heavy atom. The molecule has 2 rings (SSSR count). The van der Waals surface area contributed by atoms with Crippen LogP contribution in [-0.2, 0) is 9.59 Å². The van der Waals surface area contributed by atoms with Gasteiger partial charge in [0.25, 0.3) is 0 Å². The third-order valence-electron chi connectivity index (χ3n) is 4.88. The molecule has 120 valence electrons. The van der Waals surface area contributed by atoms with Gasteiger partial charge in [0.15, 0.2) is 0 Å². The van der Waals surface area contributed by atoms with E-state index in [4.69, 9.17) is 0 Å². The minimum atomic E-state index is -0.702. The lowest BCUT2D eigenvalue weighted by molar-refractivity contribution is -0.156. The first kappa shape index (κ1) is 16.3. The van der Waals surface area contributed by atoms with Gasteiger partial charge in [-0.15, -0.1) is 0 Å². The van der Waals surface area contributed by atoms with Gasteiger partial charge in [0.1, 0.15) is 11.6 Å². The first-order valence-corrected chi connectivity index (χ1v) is 8.61. The van der Waals surface area contributed by atoms with Gasteiger partial charge in [-0.2, -0.15) is 0 Å². The molecule has 1 N–H and O–H groups in total. The third-order valence-corrected chi connectivity index (χ3v) is 4.88. The number of unbranched alkanes of at least 4 members (excludes halogenated alkanes) is 5. The highest BCUT2D eigenvalue weighted by Gasteiger charge is 2.50. The number of carbonyl (C=O) groups excluding carboxylic acids is 2. The van der Waals surface area contributed by atoms with Crippen molar-refractivity contribution in [3.63, 3.8) is 0 Å². The highest BCUT2D eigenvalue weighted by molar-refractivity contribution is 5.99. The standard InChI is InChI=1S/C17H30N2O2/c1-4-5-6-7-8-9-12-19-15(20)14(13-10-11-13)18-16(21)17(19,2)3/h13-14H,4-12H2,1-3H3,(H,18,21). The van der Waals surface area contributed by atoms with Crippen molar-refractivity contribution in [3.05, 3.63) is 0 Å². The van der Waals surface area contributed by atoms with Crippen LogP contribution in [0.25, 0.3) is 0 Å². The molecule has 1 heterocycles. The molecular formula is C17H30N2O2. The van der Waals surface area contributed by atoms with Crippen LogP contribution >= 0.6 is 0 Å². The number of rotatable bonds is 8. The van der Waals surface area contributed by atoms with Crippen molar-refractivity contribution < 1.29 is 9.59 Å². The van der Waals surface area contributed by atoms with Gasteiger partial charge in [-0.1, -0.05) is 39.0 Å². The topological polar surface area (TPSA) is 49.4 Å². The monoisotopic (exact) mass is 294 g/mol. The van der Waals surface area contributed by atoms with E-state index in [0.29, 0.717) is 12.5 Å². The molecule has 2 amide bonds. The molecule has 4 nitrogen and oxygen atoms in total. The molecule has 21 heavy (non-hydrogen) atoms. The van der Waals surface area contributed by atoms with Crippen LogP contribution in [0, 0.1) is 5.92 Å². The molecule has 0 spiro atoms. The number of amides is 2. The molecule has 0 aromatic rings. The highest BCUT2D eigenvalue weighted by atomic mass is 16.2. The van der Waals surface area contributed by atoms with Gasteiger partial charge in [0.05, 0.1) is 0 Å². The molecular weight excluding hydrogens is 264 g/mol. The van der Waals surface area contributed by atoms with E-state index >= 15 is 0 Å². The normalized spacial score (nSPS) is 25.1. The Hall–Kier alpha value is -1.06. The van der Waals surface area contributed by atoms with Crippen molar-refractivity contribution in [2.45, 2.75) is 83.7 Å². The van der Waals surface area contributed by atoms with Gasteiger partial charge >= 0.3 is 0 Å². The molecule has 0 bridgehead atoms. The van der Waals surface area contributed by atoms with E-state index in [2.05, 4.69) is 12.2 Å². The predicted octanol–water partition coefficient (Wildman–Crippen LogP) is 2.86. The summed E-state index contributed by atoms with van der Waals surface area (Å²) < 4.78 is 0. The van der Waals surface area contributed by atoms with E-state index in [-0.39, 0.29) is 17.9 Å². The molecule has 0 radical (unpaired) electrons. The second-order valence-corrected chi connectivity index (χ2v) is 7.11. The number of nitrogens with one attached hydrogen (secondary N) is 1. The minimum Gasteiger partial charge on any atom is -0.342 e. The van der Waals surface area contributed by atoms with E-state index in [1.165, 1.54) is 25.7 Å². The van der Waals surface area contributed by atoms with Crippen LogP contribution in [-0.4, -0.2) is 34.8 Å². The van der Waals surface area contributed by atoms with Crippen molar-refractivity contribution in [2.75, 3.05) is 6.54 Å². The number of hydrogen-bond acceptors (Lipinski definition) is 2. The van der Waals surface area contributed by atoms with E-state index in [9.17, 15) is 9.59 Å². The Morgan fingerprint density at radius 2 is 1.71 bits per heavy atom. The molecule has 1 atom stereocenters. The molecule has 1 unspecified atom stereocenters. The van der Waals surface area contributed by atoms with Gasteiger partial charge < -0.3 is 10.2 Å². The van der Waals surface area contributed by atoms with Gasteiger partial charge in [-0.25, -0.2) is 0 Å². The summed E-state index contributed by atoms with van der Waals surface area (Å²) in [6, 6.07) is -0.259. The number of piperazine rings is 1. The minimum absolute atomic E-state index is 0.00461. The number of nitrogens with zero attached hydrogens (tertiary/aromatic N) is 1. The maximum Gasteiger partial charge on any atom is 0.246 e. The van der Waals surface area contributed by atoms with Gasteiger partial charge in [-0.3, -0.25) is 9.59 Å². The lowest BCUT2D eigenvalue weighted by Gasteiger charge is -2.44. The Balaban J connectivity index is 1.87. The quantitative estimate of drug-likeness (QED) is 0.700. The number of carbonyl (C=O) groups is 2. The molecule has 1 aliphatic carbocycles. The summed E-state index contributed by atoms with van der Waals surface area (Å²) >= 11 is 0. The predicted molar refractivity (Wildman–Crippen MR) is 83.8 cm³/mol. The molecule has 1 saturated heterocycles. The van der Waals surface area contributed by atoms with E-state index in [1.54, 1.807) is 0 Å². The van der Waals surface area contributed by atoms with Crippen LogP contribution in [0.5, 0.6) is 0 Å². The largest absolute Gasteiger partial charge is 0.342 e. The van der Waals surface area contributed by atoms with Crippen molar-refractivity contribution in [1.82, 2.24) is 10.2 Å². The van der Waals surface area contributed by atoms with E-state index in [1.807, 2.05) is 18.7 Å². The van der Waals surface area contributed by atoms with Crippen LogP contribution in [0.3, 0.4) is 0 Å². The fourth-order valence-corrected chi connectivity index (χ4v) is 3.13. The van der Waals surface area contributed by atoms with Gasteiger partial charge in [-0.05, 0) is 39.0 Å². The van der Waals surface area contributed by atoms with Crippen LogP contribution in [0.4, 0.5) is 0 Å². The number of hydrogen-bond donors (Lipinski definition) is 1. The maximum atomic E-state index is 12.6. The molecule has 4 heteroatoms. The summed E-state index contributed by atoms with van der Waals surface area (Å²) in [7, 11) is 0. The molecule has 2 aliphatic rings. The summed E-state index contributed by atoms with van der Waals surface area (Å²) in [6.45, 7) is 6.65. The zero-order valence-corrected chi connectivity index (χ0v) is 13.8. The molecule has 0 aromatic heterocycles. The fraction of sp³-hybridized carbons (Fsp3) is 0.882. The summed E-state index contributed by atoms with van der Waals surface area (Å²) in [4.78, 5) is 26.8. The van der Waals surface area contributed by atoms with E-state index < -0.39 is 5.54 Å². The average Bonchev–Trinajstić information content (AvgIpc) is 3.26. The zero-order valence-electron chi connectivity index (χ0n) is 13.8. The van der Waals surface area contributed by atoms with Gasteiger partial charge in [0.2, 0.25) is 11.8 Å². The summed E-state index contributed by atoms with van der Waals surface area (Å²) in [5.41, 5.74) is -0.702. The first-order valence-electron chi connectivity index (χ1n) is 8.61. The van der Waals surface area contributed by atoms with Crippen molar-refractivity contribution in [3.8, 4) is 0 Å². The maximum absolute atomic E-state index is 12.6. The fourth-order valence-electron chi connectivity index (χ4n) is 3.13. The third kappa shape index (κ3) is 3.78. The van der Waals surface area contributed by atoms with Crippen molar-refractivity contribution in [2.24, 2.45) is 5.92 Å². The molecule has 2 fully saturated rings. The second-order valence-electron chi connectivity index (χ2n) is 7.11. The Labute approximate surface area is 128 Å². The van der Waals surface area contributed by atoms with Crippen LogP contribution in [0.1, 0.15) is 72.1 Å². The first-order chi connectivity index (χ1) is 9.98. The molecule has 0 aromatic carbocycles. The summed E-state index contributed by atoms with van der Waals surface area (Å²) in [5, 5.41) is 2.94. The highest BCUT2D eigenvalue weighted by Crippen LogP contribution is 2.36. The van der Waals surface area contributed by atoms with Crippen LogP contribution in [0.2, 0.25) is 0 Å². The Bertz CT molecular complexity index is 388. The second kappa shape index (κ2) is 6.80. The van der Waals surface area contributed by atoms with Crippen molar-refractivity contribution in [1.29, 1.82) is 0 Å². The van der Waals surface area contributed by atoms with Gasteiger partial charge in [0, 0.05) is 6.54 Å². The Kier molecular flexibility index (Phi) is 5.28. The lowest BCUT2D eigenvalue weighted by atomic mass is 9.93. The summed E-state index contributed by atoms with van der Waals surface area (Å²) in [5.74, 6) is 0.519. The smallest absolute Gasteiger partial charge is 0.246 e. The van der Waals surface area contributed by atoms with Crippen molar-refractivity contribution >= 4 is 11.8 Å². The van der Waals surface area contributed by atoms with Crippen LogP contribution < -0.4 is 5.32 Å². The van der Waals surface area contributed by atoms with E-state index in [0.717, 1.165) is 25.7 Å². The Morgan fingerprint density at radius 3 is 2.33 bits per heavy atom. The molecule has 1 saturated carbocycles. The van der Waals surface area contributed by atoms with Crippen LogP contribution in [0.15, 0.2) is 0 Å². The molecule has 1 aliphatic heterocycles.